The van der Waals surface area contributed by atoms with E-state index >= 15 is 0 Å². The van der Waals surface area contributed by atoms with Crippen molar-refractivity contribution in [2.24, 2.45) is 0 Å². The number of nitrogens with zero attached hydrogens (tertiary/aromatic N) is 3. The molecule has 0 spiro atoms. The van der Waals surface area contributed by atoms with Crippen molar-refractivity contribution in [3.63, 3.8) is 0 Å². The highest BCUT2D eigenvalue weighted by Crippen LogP contribution is 2.20. The van der Waals surface area contributed by atoms with E-state index in [1.54, 1.807) is 13.1 Å². The predicted octanol–water partition coefficient (Wildman–Crippen LogP) is 3.00. The molecular formula is C19H24FN3O2. The SMILES string of the molecule is CCc1cnc(CN(C(C)=O)C2CCN(Cc3ccc(F)cc3)C2)o1. The zero-order valence-electron chi connectivity index (χ0n) is 14.7. The first kappa shape index (κ1) is 17.6. The van der Waals surface area contributed by atoms with Crippen LogP contribution >= 0.6 is 0 Å². The van der Waals surface area contributed by atoms with Gasteiger partial charge in [-0.25, -0.2) is 9.37 Å². The highest BCUT2D eigenvalue weighted by Gasteiger charge is 2.30. The van der Waals surface area contributed by atoms with E-state index in [4.69, 9.17) is 4.42 Å². The van der Waals surface area contributed by atoms with Gasteiger partial charge in [-0.2, -0.15) is 0 Å². The molecule has 0 radical (unpaired) electrons. The van der Waals surface area contributed by atoms with Crippen LogP contribution in [0.1, 0.15) is 37.5 Å². The van der Waals surface area contributed by atoms with Crippen LogP contribution in [-0.4, -0.2) is 39.8 Å². The zero-order valence-corrected chi connectivity index (χ0v) is 14.7. The summed E-state index contributed by atoms with van der Waals surface area (Å²) in [5.41, 5.74) is 1.08. The second kappa shape index (κ2) is 7.78. The quantitative estimate of drug-likeness (QED) is 0.808. The predicted molar refractivity (Wildman–Crippen MR) is 92.2 cm³/mol. The Morgan fingerprint density at radius 3 is 2.80 bits per heavy atom. The van der Waals surface area contributed by atoms with E-state index in [2.05, 4.69) is 9.88 Å². The molecule has 1 amide bonds. The van der Waals surface area contributed by atoms with Crippen LogP contribution in [-0.2, 0) is 24.3 Å². The lowest BCUT2D eigenvalue weighted by molar-refractivity contribution is -0.132. The van der Waals surface area contributed by atoms with E-state index in [0.717, 1.165) is 43.8 Å². The van der Waals surface area contributed by atoms with Crippen LogP contribution in [0.3, 0.4) is 0 Å². The summed E-state index contributed by atoms with van der Waals surface area (Å²) in [7, 11) is 0. The topological polar surface area (TPSA) is 49.6 Å². The average molecular weight is 345 g/mol. The molecule has 1 fully saturated rings. The van der Waals surface area contributed by atoms with Crippen molar-refractivity contribution in [3.8, 4) is 0 Å². The first-order valence-corrected chi connectivity index (χ1v) is 8.72. The largest absolute Gasteiger partial charge is 0.444 e. The van der Waals surface area contributed by atoms with Crippen molar-refractivity contribution < 1.29 is 13.6 Å². The van der Waals surface area contributed by atoms with Crippen LogP contribution < -0.4 is 0 Å². The molecule has 0 saturated carbocycles. The maximum atomic E-state index is 13.0. The summed E-state index contributed by atoms with van der Waals surface area (Å²) in [5.74, 6) is 1.24. The minimum Gasteiger partial charge on any atom is -0.444 e. The first-order chi connectivity index (χ1) is 12.0. The number of likely N-dealkylation sites (tertiary alicyclic amines) is 1. The maximum absolute atomic E-state index is 13.0. The number of oxazole rings is 1. The number of aryl methyl sites for hydroxylation is 1. The molecule has 1 aromatic carbocycles. The monoisotopic (exact) mass is 345 g/mol. The van der Waals surface area contributed by atoms with Gasteiger partial charge in [0, 0.05) is 39.0 Å². The Morgan fingerprint density at radius 2 is 2.16 bits per heavy atom. The molecule has 2 heterocycles. The van der Waals surface area contributed by atoms with Crippen molar-refractivity contribution >= 4 is 5.91 Å². The van der Waals surface area contributed by atoms with Crippen LogP contribution in [0.15, 0.2) is 34.9 Å². The Balaban J connectivity index is 1.61. The molecular weight excluding hydrogens is 321 g/mol. The molecule has 134 valence electrons. The molecule has 3 rings (SSSR count). The normalized spacial score (nSPS) is 17.8. The summed E-state index contributed by atoms with van der Waals surface area (Å²) < 4.78 is 18.7. The molecule has 0 bridgehead atoms. The fourth-order valence-electron chi connectivity index (χ4n) is 3.29. The highest BCUT2D eigenvalue weighted by molar-refractivity contribution is 5.73. The van der Waals surface area contributed by atoms with E-state index in [0.29, 0.717) is 12.4 Å². The van der Waals surface area contributed by atoms with Gasteiger partial charge in [0.05, 0.1) is 12.7 Å². The number of amides is 1. The standard InChI is InChI=1S/C19H24FN3O2/c1-3-18-10-21-19(25-18)13-23(14(2)24)17-8-9-22(12-17)11-15-4-6-16(20)7-5-15/h4-7,10,17H,3,8-9,11-13H2,1-2H3. The second-order valence-corrected chi connectivity index (χ2v) is 6.52. The van der Waals surface area contributed by atoms with E-state index in [9.17, 15) is 9.18 Å². The first-order valence-electron chi connectivity index (χ1n) is 8.72. The molecule has 1 aromatic heterocycles. The van der Waals surface area contributed by atoms with Crippen LogP contribution in [0.4, 0.5) is 4.39 Å². The molecule has 1 atom stereocenters. The van der Waals surface area contributed by atoms with E-state index in [-0.39, 0.29) is 17.8 Å². The summed E-state index contributed by atoms with van der Waals surface area (Å²) in [6.07, 6.45) is 3.44. The van der Waals surface area contributed by atoms with Crippen molar-refractivity contribution in [1.82, 2.24) is 14.8 Å². The van der Waals surface area contributed by atoms with Crippen molar-refractivity contribution in [1.29, 1.82) is 0 Å². The highest BCUT2D eigenvalue weighted by atomic mass is 19.1. The third kappa shape index (κ3) is 4.45. The number of aromatic nitrogens is 1. The van der Waals surface area contributed by atoms with Crippen LogP contribution in [0, 0.1) is 5.82 Å². The fourth-order valence-corrected chi connectivity index (χ4v) is 3.29. The third-order valence-corrected chi connectivity index (χ3v) is 4.67. The number of carbonyl (C=O) groups excluding carboxylic acids is 1. The minimum absolute atomic E-state index is 0.0323. The van der Waals surface area contributed by atoms with E-state index in [1.807, 2.05) is 24.0 Å². The molecule has 6 heteroatoms. The van der Waals surface area contributed by atoms with Gasteiger partial charge in [-0.1, -0.05) is 19.1 Å². The molecule has 1 unspecified atom stereocenters. The molecule has 1 aliphatic heterocycles. The number of hydrogen-bond donors (Lipinski definition) is 0. The smallest absolute Gasteiger partial charge is 0.220 e. The van der Waals surface area contributed by atoms with Gasteiger partial charge in [-0.05, 0) is 24.1 Å². The second-order valence-electron chi connectivity index (χ2n) is 6.52. The lowest BCUT2D eigenvalue weighted by Gasteiger charge is -2.27. The van der Waals surface area contributed by atoms with Gasteiger partial charge in [-0.3, -0.25) is 9.69 Å². The number of benzene rings is 1. The summed E-state index contributed by atoms with van der Waals surface area (Å²) in [6, 6.07) is 6.74. The molecule has 25 heavy (non-hydrogen) atoms. The number of hydrogen-bond acceptors (Lipinski definition) is 4. The van der Waals surface area contributed by atoms with Crippen LogP contribution in [0.5, 0.6) is 0 Å². The molecule has 1 aliphatic rings. The molecule has 0 aliphatic carbocycles. The maximum Gasteiger partial charge on any atom is 0.220 e. The lowest BCUT2D eigenvalue weighted by Crippen LogP contribution is -2.40. The number of carbonyl (C=O) groups is 1. The van der Waals surface area contributed by atoms with Crippen molar-refractivity contribution in [2.75, 3.05) is 13.1 Å². The Hall–Kier alpha value is -2.21. The van der Waals surface area contributed by atoms with Crippen molar-refractivity contribution in [2.45, 2.75) is 45.8 Å². The Labute approximate surface area is 147 Å². The Kier molecular flexibility index (Phi) is 5.48. The van der Waals surface area contributed by atoms with Gasteiger partial charge in [-0.15, -0.1) is 0 Å². The third-order valence-electron chi connectivity index (χ3n) is 4.67. The van der Waals surface area contributed by atoms with Crippen LogP contribution in [0.2, 0.25) is 0 Å². The Morgan fingerprint density at radius 1 is 1.40 bits per heavy atom. The van der Waals surface area contributed by atoms with Gasteiger partial charge in [0.25, 0.3) is 0 Å². The van der Waals surface area contributed by atoms with Gasteiger partial charge in [0.15, 0.2) is 0 Å². The minimum atomic E-state index is -0.219. The summed E-state index contributed by atoms with van der Waals surface area (Å²) in [6.45, 7) is 6.49. The molecule has 1 saturated heterocycles. The number of halogens is 1. The summed E-state index contributed by atoms with van der Waals surface area (Å²) in [5, 5.41) is 0. The average Bonchev–Trinajstić information content (AvgIpc) is 3.23. The van der Waals surface area contributed by atoms with E-state index < -0.39 is 0 Å². The molecule has 2 aromatic rings. The van der Waals surface area contributed by atoms with E-state index in [1.165, 1.54) is 12.1 Å². The lowest BCUT2D eigenvalue weighted by atomic mass is 10.2. The van der Waals surface area contributed by atoms with Crippen LogP contribution in [0.25, 0.3) is 0 Å². The summed E-state index contributed by atoms with van der Waals surface area (Å²) >= 11 is 0. The molecule has 5 nitrogen and oxygen atoms in total. The fraction of sp³-hybridized carbons (Fsp3) is 0.474. The van der Waals surface area contributed by atoms with Gasteiger partial charge >= 0.3 is 0 Å². The van der Waals surface area contributed by atoms with Gasteiger partial charge in [0.1, 0.15) is 11.6 Å². The zero-order chi connectivity index (χ0) is 17.8. The van der Waals surface area contributed by atoms with Gasteiger partial charge in [0.2, 0.25) is 11.8 Å². The molecule has 0 N–H and O–H groups in total. The van der Waals surface area contributed by atoms with Crippen molar-refractivity contribution in [3.05, 3.63) is 53.5 Å². The number of rotatable bonds is 6. The Bertz CT molecular complexity index is 714. The summed E-state index contributed by atoms with van der Waals surface area (Å²) in [4.78, 5) is 20.5. The van der Waals surface area contributed by atoms with Gasteiger partial charge < -0.3 is 9.32 Å².